The van der Waals surface area contributed by atoms with Gasteiger partial charge in [-0.2, -0.15) is 0 Å². The first kappa shape index (κ1) is 16.0. The van der Waals surface area contributed by atoms with Crippen LogP contribution in [0.1, 0.15) is 55.8 Å². The lowest BCUT2D eigenvalue weighted by atomic mass is 9.82. The molecule has 1 atom stereocenters. The number of hydrogen-bond donors (Lipinski definition) is 3. The van der Waals surface area contributed by atoms with Crippen LogP contribution in [0.2, 0.25) is 0 Å². The van der Waals surface area contributed by atoms with Gasteiger partial charge in [0.1, 0.15) is 0 Å². The summed E-state index contributed by atoms with van der Waals surface area (Å²) >= 11 is 0. The van der Waals surface area contributed by atoms with Gasteiger partial charge in [0.25, 0.3) is 0 Å². The predicted octanol–water partition coefficient (Wildman–Crippen LogP) is 2.23. The molecule has 0 aliphatic heterocycles. The van der Waals surface area contributed by atoms with Gasteiger partial charge >= 0.3 is 0 Å². The van der Waals surface area contributed by atoms with Crippen LogP contribution in [-0.2, 0) is 4.79 Å². The van der Waals surface area contributed by atoms with Crippen molar-refractivity contribution in [3.8, 4) is 0 Å². The molecule has 1 aromatic rings. The maximum atomic E-state index is 11.9. The first-order valence-corrected chi connectivity index (χ1v) is 7.72. The summed E-state index contributed by atoms with van der Waals surface area (Å²) in [7, 11) is 0. The topological polar surface area (TPSA) is 69.6 Å². The molecule has 0 radical (unpaired) electrons. The van der Waals surface area contributed by atoms with Crippen LogP contribution >= 0.6 is 0 Å². The smallest absolute Gasteiger partial charge is 0.222 e. The van der Waals surface area contributed by atoms with Crippen LogP contribution in [0.4, 0.5) is 0 Å². The molecule has 1 aromatic carbocycles. The summed E-state index contributed by atoms with van der Waals surface area (Å²) in [4.78, 5) is 11.9. The Bertz CT molecular complexity index is 463. The van der Waals surface area contributed by atoms with E-state index in [4.69, 9.17) is 0 Å². The summed E-state index contributed by atoms with van der Waals surface area (Å²) in [5, 5.41) is 23.1. The van der Waals surface area contributed by atoms with Crippen molar-refractivity contribution in [3.05, 3.63) is 35.4 Å². The normalized spacial score (nSPS) is 19.0. The molecule has 1 aliphatic rings. The number of carbonyl (C=O) groups excluding carboxylic acids is 1. The third-order valence-electron chi connectivity index (χ3n) is 4.23. The van der Waals surface area contributed by atoms with Crippen LogP contribution in [0.15, 0.2) is 24.3 Å². The maximum absolute atomic E-state index is 11.9. The minimum absolute atomic E-state index is 0.133. The Morgan fingerprint density at radius 2 is 1.86 bits per heavy atom. The van der Waals surface area contributed by atoms with E-state index in [-0.39, 0.29) is 18.9 Å². The van der Waals surface area contributed by atoms with Crippen LogP contribution in [0.5, 0.6) is 0 Å². The molecule has 116 valence electrons. The lowest BCUT2D eigenvalue weighted by Gasteiger charge is -2.31. The zero-order valence-electron chi connectivity index (χ0n) is 12.6. The first-order chi connectivity index (χ1) is 9.98. The molecule has 2 rings (SSSR count). The van der Waals surface area contributed by atoms with Gasteiger partial charge in [-0.3, -0.25) is 4.79 Å². The van der Waals surface area contributed by atoms with E-state index in [1.165, 1.54) is 0 Å². The highest BCUT2D eigenvalue weighted by molar-refractivity contribution is 5.77. The average molecular weight is 291 g/mol. The zero-order valence-corrected chi connectivity index (χ0v) is 12.6. The third-order valence-corrected chi connectivity index (χ3v) is 4.23. The molecular formula is C17H25NO3. The molecule has 1 amide bonds. The number of amides is 1. The van der Waals surface area contributed by atoms with E-state index in [0.29, 0.717) is 12.8 Å². The lowest BCUT2D eigenvalue weighted by molar-refractivity contribution is -0.127. The Hall–Kier alpha value is -1.39. The summed E-state index contributed by atoms with van der Waals surface area (Å²) in [5.41, 5.74) is 1.07. The van der Waals surface area contributed by atoms with Gasteiger partial charge in [0.05, 0.1) is 18.1 Å². The lowest BCUT2D eigenvalue weighted by Crippen LogP contribution is -2.39. The fraction of sp³-hybridized carbons (Fsp3) is 0.588. The highest BCUT2D eigenvalue weighted by Gasteiger charge is 2.31. The van der Waals surface area contributed by atoms with Gasteiger partial charge in [-0.05, 0) is 25.3 Å². The number of aliphatic hydroxyl groups excluding tert-OH is 1. The van der Waals surface area contributed by atoms with Crippen LogP contribution in [0.25, 0.3) is 0 Å². The van der Waals surface area contributed by atoms with Crippen molar-refractivity contribution >= 4 is 5.91 Å². The molecule has 4 heteroatoms. The minimum atomic E-state index is -0.850. The van der Waals surface area contributed by atoms with Gasteiger partial charge < -0.3 is 15.5 Å². The molecular weight excluding hydrogens is 266 g/mol. The van der Waals surface area contributed by atoms with E-state index in [1.807, 2.05) is 31.2 Å². The highest BCUT2D eigenvalue weighted by atomic mass is 16.3. The monoisotopic (exact) mass is 291 g/mol. The van der Waals surface area contributed by atoms with Gasteiger partial charge in [-0.15, -0.1) is 0 Å². The van der Waals surface area contributed by atoms with Crippen molar-refractivity contribution in [2.45, 2.75) is 57.2 Å². The predicted molar refractivity (Wildman–Crippen MR) is 81.8 cm³/mol. The zero-order chi connectivity index (χ0) is 15.3. The van der Waals surface area contributed by atoms with Gasteiger partial charge in [0, 0.05) is 6.54 Å². The van der Waals surface area contributed by atoms with E-state index in [0.717, 1.165) is 30.4 Å². The number of carbonyl (C=O) groups is 1. The standard InChI is InChI=1S/C17H25NO3/c1-13-5-7-14(8-6-13)15(19)12-18-16(20)11-17(21)9-3-2-4-10-17/h5-8,15,19,21H,2-4,9-12H2,1H3,(H,18,20). The molecule has 0 saturated heterocycles. The number of nitrogens with one attached hydrogen (secondary N) is 1. The van der Waals surface area contributed by atoms with Gasteiger partial charge in [0.2, 0.25) is 5.91 Å². The second-order valence-electron chi connectivity index (χ2n) is 6.19. The molecule has 3 N–H and O–H groups in total. The van der Waals surface area contributed by atoms with E-state index in [2.05, 4.69) is 5.32 Å². The Balaban J connectivity index is 1.79. The van der Waals surface area contributed by atoms with E-state index in [1.54, 1.807) is 0 Å². The van der Waals surface area contributed by atoms with E-state index in [9.17, 15) is 15.0 Å². The summed E-state index contributed by atoms with van der Waals surface area (Å²) in [6.45, 7) is 2.17. The van der Waals surface area contributed by atoms with Crippen molar-refractivity contribution in [1.29, 1.82) is 0 Å². The van der Waals surface area contributed by atoms with Crippen molar-refractivity contribution in [2.24, 2.45) is 0 Å². The molecule has 21 heavy (non-hydrogen) atoms. The number of hydrogen-bond acceptors (Lipinski definition) is 3. The van der Waals surface area contributed by atoms with Crippen LogP contribution in [0, 0.1) is 6.92 Å². The van der Waals surface area contributed by atoms with Crippen molar-refractivity contribution < 1.29 is 15.0 Å². The number of aliphatic hydroxyl groups is 2. The Morgan fingerprint density at radius 1 is 1.24 bits per heavy atom. The number of rotatable bonds is 5. The summed E-state index contributed by atoms with van der Waals surface area (Å²) in [6, 6.07) is 7.60. The molecule has 4 nitrogen and oxygen atoms in total. The van der Waals surface area contributed by atoms with Crippen LogP contribution in [0.3, 0.4) is 0 Å². The van der Waals surface area contributed by atoms with Crippen molar-refractivity contribution in [2.75, 3.05) is 6.54 Å². The molecule has 0 heterocycles. The quantitative estimate of drug-likeness (QED) is 0.779. The first-order valence-electron chi connectivity index (χ1n) is 7.72. The van der Waals surface area contributed by atoms with Gasteiger partial charge in [0.15, 0.2) is 0 Å². The molecule has 1 unspecified atom stereocenters. The second-order valence-corrected chi connectivity index (χ2v) is 6.19. The Morgan fingerprint density at radius 3 is 2.48 bits per heavy atom. The molecule has 0 aromatic heterocycles. The third kappa shape index (κ3) is 4.83. The fourth-order valence-corrected chi connectivity index (χ4v) is 2.86. The summed E-state index contributed by atoms with van der Waals surface area (Å²) in [6.07, 6.45) is 3.91. The van der Waals surface area contributed by atoms with Gasteiger partial charge in [-0.25, -0.2) is 0 Å². The second kappa shape index (κ2) is 7.05. The molecule has 1 aliphatic carbocycles. The number of aryl methyl sites for hydroxylation is 1. The molecule has 0 bridgehead atoms. The number of benzene rings is 1. The highest BCUT2D eigenvalue weighted by Crippen LogP contribution is 2.30. The molecule has 0 spiro atoms. The van der Waals surface area contributed by atoms with Crippen molar-refractivity contribution in [3.63, 3.8) is 0 Å². The maximum Gasteiger partial charge on any atom is 0.222 e. The Labute approximate surface area is 126 Å². The van der Waals surface area contributed by atoms with Crippen LogP contribution in [-0.4, -0.2) is 28.3 Å². The molecule has 1 saturated carbocycles. The SMILES string of the molecule is Cc1ccc(C(O)CNC(=O)CC2(O)CCCCC2)cc1. The summed E-state index contributed by atoms with van der Waals surface area (Å²) < 4.78 is 0. The Kier molecular flexibility index (Phi) is 5.37. The van der Waals surface area contributed by atoms with Crippen molar-refractivity contribution in [1.82, 2.24) is 5.32 Å². The largest absolute Gasteiger partial charge is 0.389 e. The van der Waals surface area contributed by atoms with E-state index >= 15 is 0 Å². The van der Waals surface area contributed by atoms with Gasteiger partial charge in [-0.1, -0.05) is 49.1 Å². The average Bonchev–Trinajstić information content (AvgIpc) is 2.46. The summed E-state index contributed by atoms with van der Waals surface area (Å²) in [5.74, 6) is -0.189. The van der Waals surface area contributed by atoms with Crippen LogP contribution < -0.4 is 5.32 Å². The molecule has 1 fully saturated rings. The minimum Gasteiger partial charge on any atom is -0.389 e. The fourth-order valence-electron chi connectivity index (χ4n) is 2.86. The van der Waals surface area contributed by atoms with E-state index < -0.39 is 11.7 Å².